The van der Waals surface area contributed by atoms with Gasteiger partial charge in [-0.15, -0.1) is 0 Å². The Morgan fingerprint density at radius 2 is 1.04 bits per heavy atom. The van der Waals surface area contributed by atoms with Crippen molar-refractivity contribution in [2.45, 2.75) is 0 Å². The Morgan fingerprint density at radius 1 is 0.446 bits per heavy atom. The number of ether oxygens (including phenoxy) is 1. The van der Waals surface area contributed by atoms with Crippen LogP contribution in [0.3, 0.4) is 0 Å². The summed E-state index contributed by atoms with van der Waals surface area (Å²) in [7, 11) is 3.55. The third kappa shape index (κ3) is 6.48. The Labute approximate surface area is 327 Å². The highest BCUT2D eigenvalue weighted by Gasteiger charge is 2.18. The van der Waals surface area contributed by atoms with E-state index in [1.807, 2.05) is 36.4 Å². The van der Waals surface area contributed by atoms with Crippen LogP contribution >= 0.6 is 0 Å². The summed E-state index contributed by atoms with van der Waals surface area (Å²) in [5, 5.41) is 2.44. The maximum atomic E-state index is 6.18. The van der Waals surface area contributed by atoms with Crippen LogP contribution in [-0.2, 0) is 0 Å². The van der Waals surface area contributed by atoms with Gasteiger partial charge in [0.25, 0.3) is 0 Å². The molecule has 9 rings (SSSR count). The predicted octanol–water partition coefficient (Wildman–Crippen LogP) is 12.7. The number of hydrogen-bond donors (Lipinski definition) is 0. The molecule has 0 fully saturated rings. The van der Waals surface area contributed by atoms with Gasteiger partial charge in [-0.3, -0.25) is 4.99 Å². The molecule has 0 unspecified atom stereocenters. The minimum atomic E-state index is 0.672. The first-order chi connectivity index (χ1) is 27.7. The summed E-state index contributed by atoms with van der Waals surface area (Å²) in [6.07, 6.45) is 0. The molecule has 0 amide bonds. The van der Waals surface area contributed by atoms with Crippen molar-refractivity contribution >= 4 is 33.4 Å². The van der Waals surface area contributed by atoms with E-state index >= 15 is 0 Å². The van der Waals surface area contributed by atoms with Crippen molar-refractivity contribution in [3.63, 3.8) is 0 Å². The quantitative estimate of drug-likeness (QED) is 0.114. The molecule has 0 aliphatic carbocycles. The number of hydrogen-bond acceptors (Lipinski definition) is 2. The number of rotatable bonds is 8. The fourth-order valence-electron chi connectivity index (χ4n) is 7.71. The van der Waals surface area contributed by atoms with Gasteiger partial charge in [-0.05, 0) is 52.1 Å². The molecule has 0 spiro atoms. The van der Waals surface area contributed by atoms with Crippen LogP contribution in [0.1, 0.15) is 16.7 Å². The molecule has 8 aromatic carbocycles. The largest absolute Gasteiger partial charge is 0.496 e. The van der Waals surface area contributed by atoms with Gasteiger partial charge in [0.05, 0.1) is 23.9 Å². The molecule has 0 aliphatic rings. The van der Waals surface area contributed by atoms with Crippen molar-refractivity contribution < 1.29 is 4.74 Å². The molecule has 9 aromatic rings. The molecular weight excluding hydrogens is 683 g/mol. The van der Waals surface area contributed by atoms with E-state index in [-0.39, 0.29) is 0 Å². The zero-order valence-corrected chi connectivity index (χ0v) is 31.3. The third-order valence-corrected chi connectivity index (χ3v) is 10.4. The summed E-state index contributed by atoms with van der Waals surface area (Å²) in [4.78, 5) is 9.77. The molecular formula is C52H39N3O. The van der Waals surface area contributed by atoms with Crippen LogP contribution in [0, 0.1) is 0 Å². The van der Waals surface area contributed by atoms with E-state index in [1.165, 1.54) is 21.9 Å². The Balaban J connectivity index is 1.09. The molecule has 0 saturated carbocycles. The summed E-state index contributed by atoms with van der Waals surface area (Å²) < 4.78 is 8.53. The van der Waals surface area contributed by atoms with Gasteiger partial charge >= 0.3 is 0 Å². The van der Waals surface area contributed by atoms with Crippen molar-refractivity contribution in [2.75, 3.05) is 14.2 Å². The average Bonchev–Trinajstić information content (AvgIpc) is 3.61. The second-order valence-corrected chi connectivity index (χ2v) is 13.7. The molecule has 0 atom stereocenters. The fraction of sp³-hybridized carbons (Fsp3) is 0.0385. The number of nitrogens with zero attached hydrogens (tertiary/aromatic N) is 3. The first-order valence-corrected chi connectivity index (χ1v) is 18.8. The lowest BCUT2D eigenvalue weighted by Gasteiger charge is -2.16. The topological polar surface area (TPSA) is 38.9 Å². The number of aromatic nitrogens is 1. The molecule has 0 radical (unpaired) electrons. The average molecular weight is 722 g/mol. The Bertz CT molecular complexity index is 2830. The third-order valence-electron chi connectivity index (χ3n) is 10.4. The van der Waals surface area contributed by atoms with Gasteiger partial charge in [0.2, 0.25) is 0 Å². The Morgan fingerprint density at radius 3 is 1.71 bits per heavy atom. The molecule has 4 nitrogen and oxygen atoms in total. The molecule has 1 heterocycles. The molecule has 0 aliphatic heterocycles. The summed E-state index contributed by atoms with van der Waals surface area (Å²) >= 11 is 0. The second kappa shape index (κ2) is 15.2. The van der Waals surface area contributed by atoms with Crippen molar-refractivity contribution in [3.05, 3.63) is 217 Å². The summed E-state index contributed by atoms with van der Waals surface area (Å²) in [5.41, 5.74) is 14.0. The van der Waals surface area contributed by atoms with Gasteiger partial charge in [0.15, 0.2) is 5.84 Å². The molecule has 0 N–H and O–H groups in total. The smallest absolute Gasteiger partial charge is 0.154 e. The lowest BCUT2D eigenvalue weighted by Crippen LogP contribution is -2.08. The first kappa shape index (κ1) is 34.5. The van der Waals surface area contributed by atoms with Gasteiger partial charge in [-0.25, -0.2) is 4.99 Å². The maximum Gasteiger partial charge on any atom is 0.154 e. The minimum absolute atomic E-state index is 0.672. The van der Waals surface area contributed by atoms with E-state index in [1.54, 1.807) is 14.2 Å². The van der Waals surface area contributed by atoms with Gasteiger partial charge < -0.3 is 9.30 Å². The van der Waals surface area contributed by atoms with Crippen LogP contribution < -0.4 is 4.74 Å². The van der Waals surface area contributed by atoms with E-state index in [4.69, 9.17) is 9.73 Å². The fourth-order valence-corrected chi connectivity index (χ4v) is 7.71. The van der Waals surface area contributed by atoms with Crippen molar-refractivity contribution in [3.8, 4) is 44.8 Å². The van der Waals surface area contributed by atoms with Crippen LogP contribution in [0.2, 0.25) is 0 Å². The number of fused-ring (bicyclic) bond motifs is 3. The highest BCUT2D eigenvalue weighted by molar-refractivity contribution is 6.19. The minimum Gasteiger partial charge on any atom is -0.496 e. The molecule has 56 heavy (non-hydrogen) atoms. The number of para-hydroxylation sites is 1. The SMILES string of the molecule is CN=C(N=C(c1ccccc1)c1ccccc1)c1ccc(-c2ccccc2-c2ccc(-n3c4ccccc4c4ccc(-c5ccccc5)cc43)cc2OC)cc1. The molecule has 1 aromatic heterocycles. The highest BCUT2D eigenvalue weighted by Crippen LogP contribution is 2.41. The summed E-state index contributed by atoms with van der Waals surface area (Å²) in [5.74, 6) is 1.48. The van der Waals surface area contributed by atoms with E-state index in [9.17, 15) is 0 Å². The maximum absolute atomic E-state index is 6.18. The Hall–Kier alpha value is -7.30. The normalized spacial score (nSPS) is 11.5. The standard InChI is InChI=1S/C52H39N3O/c1-53-52(54-51(38-18-8-4-9-19-38)39-20-10-5-11-21-39)40-28-26-37(27-29-40)43-22-12-13-23-44(43)47-33-31-42(35-50(47)56-2)55-48-25-15-14-24-45(48)46-32-30-41(34-49(46)55)36-16-6-3-7-17-36/h3-35H,1-2H3. The van der Waals surface area contributed by atoms with E-state index < -0.39 is 0 Å². The van der Waals surface area contributed by atoms with Crippen LogP contribution in [0.5, 0.6) is 5.75 Å². The lowest BCUT2D eigenvalue weighted by atomic mass is 9.93. The number of methoxy groups -OCH3 is 1. The van der Waals surface area contributed by atoms with Crippen LogP contribution in [-0.4, -0.2) is 30.3 Å². The molecule has 268 valence electrons. The number of benzene rings is 8. The van der Waals surface area contributed by atoms with Crippen LogP contribution in [0.25, 0.3) is 60.9 Å². The lowest BCUT2D eigenvalue weighted by molar-refractivity contribution is 0.416. The van der Waals surface area contributed by atoms with Crippen molar-refractivity contribution in [1.29, 1.82) is 0 Å². The molecule has 0 saturated heterocycles. The van der Waals surface area contributed by atoms with Crippen LogP contribution in [0.4, 0.5) is 0 Å². The van der Waals surface area contributed by atoms with Gasteiger partial charge in [-0.1, -0.05) is 170 Å². The summed E-state index contributed by atoms with van der Waals surface area (Å²) in [6.45, 7) is 0. The van der Waals surface area contributed by atoms with E-state index in [0.717, 1.165) is 67.1 Å². The predicted molar refractivity (Wildman–Crippen MR) is 235 cm³/mol. The molecule has 0 bridgehead atoms. The van der Waals surface area contributed by atoms with E-state index in [0.29, 0.717) is 5.84 Å². The molecule has 4 heteroatoms. The van der Waals surface area contributed by atoms with Gasteiger partial charge in [0, 0.05) is 51.8 Å². The summed E-state index contributed by atoms with van der Waals surface area (Å²) in [6, 6.07) is 70.1. The zero-order chi connectivity index (χ0) is 37.8. The van der Waals surface area contributed by atoms with E-state index in [2.05, 4.69) is 173 Å². The van der Waals surface area contributed by atoms with Crippen molar-refractivity contribution in [1.82, 2.24) is 4.57 Å². The van der Waals surface area contributed by atoms with Crippen LogP contribution in [0.15, 0.2) is 210 Å². The number of amidine groups is 1. The van der Waals surface area contributed by atoms with Crippen molar-refractivity contribution in [2.24, 2.45) is 9.98 Å². The second-order valence-electron chi connectivity index (χ2n) is 13.7. The Kier molecular flexibility index (Phi) is 9.36. The monoisotopic (exact) mass is 721 g/mol. The van der Waals surface area contributed by atoms with Gasteiger partial charge in [0.1, 0.15) is 5.75 Å². The highest BCUT2D eigenvalue weighted by atomic mass is 16.5. The van der Waals surface area contributed by atoms with Gasteiger partial charge in [-0.2, -0.15) is 0 Å². The number of aliphatic imine (C=N–C) groups is 2. The zero-order valence-electron chi connectivity index (χ0n) is 31.3. The first-order valence-electron chi connectivity index (χ1n) is 18.8.